The van der Waals surface area contributed by atoms with E-state index in [-0.39, 0.29) is 6.04 Å². The van der Waals surface area contributed by atoms with Crippen LogP contribution in [0.15, 0.2) is 0 Å². The van der Waals surface area contributed by atoms with Gasteiger partial charge < -0.3 is 10.2 Å². The molecule has 0 aromatic carbocycles. The number of hydrogen-bond acceptors (Lipinski definition) is 3. The summed E-state index contributed by atoms with van der Waals surface area (Å²) < 4.78 is 0. The number of aliphatic hydroxyl groups is 2. The first kappa shape index (κ1) is 7.53. The number of rotatable bonds is 0. The third kappa shape index (κ3) is 0.991. The van der Waals surface area contributed by atoms with Gasteiger partial charge in [0.15, 0.2) is 0 Å². The molecule has 0 spiro atoms. The summed E-state index contributed by atoms with van der Waals surface area (Å²) in [6, 6.07) is 0.784. The molecule has 3 nitrogen and oxygen atoms in total. The van der Waals surface area contributed by atoms with Crippen LogP contribution in [0.25, 0.3) is 0 Å². The van der Waals surface area contributed by atoms with Crippen LogP contribution in [0.3, 0.4) is 0 Å². The van der Waals surface area contributed by atoms with Gasteiger partial charge in [0.25, 0.3) is 0 Å². The third-order valence-corrected chi connectivity index (χ3v) is 3.06. The maximum atomic E-state index is 9.49. The minimum atomic E-state index is -0.511. The van der Waals surface area contributed by atoms with Gasteiger partial charge in [-0.1, -0.05) is 0 Å². The first-order valence-corrected chi connectivity index (χ1v) is 4.32. The molecule has 4 atom stereocenters. The lowest BCUT2D eigenvalue weighted by atomic mass is 10.1. The van der Waals surface area contributed by atoms with E-state index >= 15 is 0 Å². The van der Waals surface area contributed by atoms with E-state index in [1.165, 1.54) is 0 Å². The molecular weight excluding hydrogens is 142 g/mol. The van der Waals surface area contributed by atoms with Gasteiger partial charge in [0.05, 0.1) is 12.2 Å². The Bertz CT molecular complexity index is 162. The lowest BCUT2D eigenvalue weighted by Gasteiger charge is -2.19. The predicted molar refractivity (Wildman–Crippen MR) is 41.2 cm³/mol. The molecule has 0 bridgehead atoms. The van der Waals surface area contributed by atoms with E-state index in [2.05, 4.69) is 11.8 Å². The van der Waals surface area contributed by atoms with Gasteiger partial charge in [0.2, 0.25) is 0 Å². The van der Waals surface area contributed by atoms with Crippen molar-refractivity contribution >= 4 is 0 Å². The summed E-state index contributed by atoms with van der Waals surface area (Å²) >= 11 is 0. The molecule has 2 heterocycles. The molecule has 0 radical (unpaired) electrons. The lowest BCUT2D eigenvalue weighted by Crippen LogP contribution is -2.33. The fourth-order valence-corrected chi connectivity index (χ4v) is 2.33. The van der Waals surface area contributed by atoms with Gasteiger partial charge >= 0.3 is 0 Å². The van der Waals surface area contributed by atoms with E-state index in [1.54, 1.807) is 0 Å². The average molecular weight is 157 g/mol. The zero-order valence-electron chi connectivity index (χ0n) is 6.77. The SMILES string of the molecule is C[C@@H]1CC[C@H]2[C@H](O)[C@@H](O)CN12. The molecule has 0 aromatic rings. The number of aliphatic hydroxyl groups excluding tert-OH is 2. The van der Waals surface area contributed by atoms with Crippen LogP contribution in [-0.4, -0.2) is 45.9 Å². The highest BCUT2D eigenvalue weighted by Gasteiger charge is 2.45. The summed E-state index contributed by atoms with van der Waals surface area (Å²) in [4.78, 5) is 2.22. The molecule has 3 heteroatoms. The van der Waals surface area contributed by atoms with Gasteiger partial charge in [0.1, 0.15) is 0 Å². The van der Waals surface area contributed by atoms with Crippen molar-refractivity contribution in [3.8, 4) is 0 Å². The fourth-order valence-electron chi connectivity index (χ4n) is 2.33. The van der Waals surface area contributed by atoms with Crippen molar-refractivity contribution in [2.45, 2.75) is 44.1 Å². The van der Waals surface area contributed by atoms with E-state index in [9.17, 15) is 10.2 Å². The molecule has 2 fully saturated rings. The second-order valence-electron chi connectivity index (χ2n) is 3.75. The zero-order chi connectivity index (χ0) is 8.01. The third-order valence-electron chi connectivity index (χ3n) is 3.06. The summed E-state index contributed by atoms with van der Waals surface area (Å²) in [5.74, 6) is 0. The Kier molecular flexibility index (Phi) is 1.67. The Morgan fingerprint density at radius 3 is 2.64 bits per heavy atom. The van der Waals surface area contributed by atoms with Crippen LogP contribution in [0.5, 0.6) is 0 Å². The highest BCUT2D eigenvalue weighted by Crippen LogP contribution is 2.32. The molecule has 0 amide bonds. The van der Waals surface area contributed by atoms with Crippen LogP contribution in [0.4, 0.5) is 0 Å². The maximum Gasteiger partial charge on any atom is 0.0966 e. The molecular formula is C8H15NO2. The molecule has 2 aliphatic heterocycles. The minimum absolute atomic E-state index is 0.236. The molecule has 0 aromatic heterocycles. The summed E-state index contributed by atoms with van der Waals surface area (Å²) in [6.07, 6.45) is 1.19. The monoisotopic (exact) mass is 157 g/mol. The Labute approximate surface area is 66.6 Å². The lowest BCUT2D eigenvalue weighted by molar-refractivity contribution is 0.0394. The fraction of sp³-hybridized carbons (Fsp3) is 1.00. The molecule has 0 aliphatic carbocycles. The second kappa shape index (κ2) is 2.44. The van der Waals surface area contributed by atoms with Crippen LogP contribution in [0, 0.1) is 0 Å². The van der Waals surface area contributed by atoms with Crippen LogP contribution >= 0.6 is 0 Å². The Morgan fingerprint density at radius 1 is 1.27 bits per heavy atom. The van der Waals surface area contributed by atoms with E-state index in [0.29, 0.717) is 12.6 Å². The van der Waals surface area contributed by atoms with Crippen molar-refractivity contribution in [3.63, 3.8) is 0 Å². The van der Waals surface area contributed by atoms with E-state index in [1.807, 2.05) is 0 Å². The molecule has 2 N–H and O–H groups in total. The van der Waals surface area contributed by atoms with Gasteiger partial charge in [-0.25, -0.2) is 0 Å². The average Bonchev–Trinajstić information content (AvgIpc) is 2.43. The summed E-state index contributed by atoms with van der Waals surface area (Å²) in [5, 5.41) is 18.8. The maximum absolute atomic E-state index is 9.49. The quantitative estimate of drug-likeness (QED) is 0.501. The van der Waals surface area contributed by atoms with Gasteiger partial charge in [-0.05, 0) is 19.8 Å². The molecule has 0 unspecified atom stereocenters. The molecule has 2 saturated heterocycles. The summed E-state index contributed by atoms with van der Waals surface area (Å²) in [6.45, 7) is 2.82. The molecule has 2 rings (SSSR count). The molecule has 0 saturated carbocycles. The second-order valence-corrected chi connectivity index (χ2v) is 3.75. The van der Waals surface area contributed by atoms with Gasteiger partial charge in [-0.3, -0.25) is 4.90 Å². The Morgan fingerprint density at radius 2 is 2.00 bits per heavy atom. The molecule has 64 valence electrons. The number of hydrogen-bond donors (Lipinski definition) is 2. The summed E-state index contributed by atoms with van der Waals surface area (Å²) in [5.41, 5.74) is 0. The van der Waals surface area contributed by atoms with Crippen molar-refractivity contribution in [1.29, 1.82) is 0 Å². The minimum Gasteiger partial charge on any atom is -0.389 e. The van der Waals surface area contributed by atoms with Gasteiger partial charge in [0, 0.05) is 18.6 Å². The van der Waals surface area contributed by atoms with Gasteiger partial charge in [-0.15, -0.1) is 0 Å². The van der Waals surface area contributed by atoms with Crippen LogP contribution in [-0.2, 0) is 0 Å². The van der Waals surface area contributed by atoms with Crippen molar-refractivity contribution in [2.75, 3.05) is 6.54 Å². The van der Waals surface area contributed by atoms with Crippen molar-refractivity contribution in [1.82, 2.24) is 4.90 Å². The topological polar surface area (TPSA) is 43.7 Å². The van der Waals surface area contributed by atoms with Crippen molar-refractivity contribution in [2.24, 2.45) is 0 Å². The Balaban J connectivity index is 2.12. The van der Waals surface area contributed by atoms with Gasteiger partial charge in [-0.2, -0.15) is 0 Å². The Hall–Kier alpha value is -0.120. The standard InChI is InChI=1S/C8H15NO2/c1-5-2-3-6-8(11)7(10)4-9(5)6/h5-8,10-11H,2-4H2,1H3/t5-,6+,7+,8+/m1/s1. The van der Waals surface area contributed by atoms with E-state index in [4.69, 9.17) is 0 Å². The van der Waals surface area contributed by atoms with E-state index < -0.39 is 12.2 Å². The van der Waals surface area contributed by atoms with Crippen LogP contribution < -0.4 is 0 Å². The largest absolute Gasteiger partial charge is 0.389 e. The zero-order valence-corrected chi connectivity index (χ0v) is 6.77. The normalized spacial score (nSPS) is 51.5. The highest BCUT2D eigenvalue weighted by atomic mass is 16.3. The first-order chi connectivity index (χ1) is 5.20. The first-order valence-electron chi connectivity index (χ1n) is 4.32. The molecule has 11 heavy (non-hydrogen) atoms. The number of nitrogens with zero attached hydrogens (tertiary/aromatic N) is 1. The van der Waals surface area contributed by atoms with Crippen molar-refractivity contribution in [3.05, 3.63) is 0 Å². The van der Waals surface area contributed by atoms with Crippen LogP contribution in [0.1, 0.15) is 19.8 Å². The highest BCUT2D eigenvalue weighted by molar-refractivity contribution is 4.99. The smallest absolute Gasteiger partial charge is 0.0966 e. The van der Waals surface area contributed by atoms with Crippen molar-refractivity contribution < 1.29 is 10.2 Å². The number of fused-ring (bicyclic) bond motifs is 1. The van der Waals surface area contributed by atoms with E-state index in [0.717, 1.165) is 12.8 Å². The predicted octanol–water partition coefficient (Wildman–Crippen LogP) is -0.425. The molecule has 2 aliphatic rings. The summed E-state index contributed by atoms with van der Waals surface area (Å²) in [7, 11) is 0. The van der Waals surface area contributed by atoms with Crippen LogP contribution in [0.2, 0.25) is 0 Å².